The predicted octanol–water partition coefficient (Wildman–Crippen LogP) is 1.70. The number of morpholine rings is 1. The molecule has 1 amide bonds. The predicted molar refractivity (Wildman–Crippen MR) is 76.1 cm³/mol. The molecule has 0 unspecified atom stereocenters. The van der Waals surface area contributed by atoms with Gasteiger partial charge >= 0.3 is 6.18 Å². The molecule has 10 heteroatoms. The van der Waals surface area contributed by atoms with E-state index in [-0.39, 0.29) is 16.8 Å². The van der Waals surface area contributed by atoms with Crippen molar-refractivity contribution >= 4 is 23.3 Å². The zero-order valence-corrected chi connectivity index (χ0v) is 12.7. The first-order chi connectivity index (χ1) is 10.9. The zero-order valence-electron chi connectivity index (χ0n) is 11.9. The van der Waals surface area contributed by atoms with Crippen LogP contribution >= 0.6 is 11.8 Å². The fourth-order valence-electron chi connectivity index (χ4n) is 2.17. The Balaban J connectivity index is 1.73. The fourth-order valence-corrected chi connectivity index (χ4v) is 2.99. The van der Waals surface area contributed by atoms with E-state index in [2.05, 4.69) is 10.2 Å². The molecule has 0 saturated carbocycles. The molecule has 0 spiro atoms. The molecule has 0 radical (unpaired) electrons. The molecule has 0 aliphatic carbocycles. The van der Waals surface area contributed by atoms with Crippen molar-refractivity contribution in [3.8, 4) is 0 Å². The van der Waals surface area contributed by atoms with Gasteiger partial charge in [-0.25, -0.2) is 0 Å². The van der Waals surface area contributed by atoms with Crippen molar-refractivity contribution in [1.29, 1.82) is 0 Å². The minimum absolute atomic E-state index is 0.0943. The third-order valence-corrected chi connectivity index (χ3v) is 4.31. The Morgan fingerprint density at radius 1 is 1.26 bits per heavy atom. The summed E-state index contributed by atoms with van der Waals surface area (Å²) in [6.45, 7) is 2.05. The summed E-state index contributed by atoms with van der Waals surface area (Å²) in [5, 5.41) is 7.92. The Hall–Kier alpha value is -1.81. The van der Waals surface area contributed by atoms with E-state index in [1.165, 1.54) is 10.5 Å². The van der Waals surface area contributed by atoms with Gasteiger partial charge in [-0.2, -0.15) is 13.2 Å². The summed E-state index contributed by atoms with van der Waals surface area (Å²) in [7, 11) is 0. The van der Waals surface area contributed by atoms with E-state index in [9.17, 15) is 18.0 Å². The maximum atomic E-state index is 12.8. The number of thioether (sulfide) groups is 1. The number of halogens is 3. The SMILES string of the molecule is O=C(CSc1nnc2ccc(C(F)(F)F)cn12)N1CCOCC1. The van der Waals surface area contributed by atoms with Crippen LogP contribution < -0.4 is 0 Å². The number of rotatable bonds is 3. The van der Waals surface area contributed by atoms with Crippen LogP contribution in [-0.4, -0.2) is 57.5 Å². The van der Waals surface area contributed by atoms with Crippen molar-refractivity contribution in [2.75, 3.05) is 32.1 Å². The van der Waals surface area contributed by atoms with Crippen molar-refractivity contribution < 1.29 is 22.7 Å². The zero-order chi connectivity index (χ0) is 16.4. The summed E-state index contributed by atoms with van der Waals surface area (Å²) in [4.78, 5) is 13.7. The molecule has 6 nitrogen and oxygen atoms in total. The largest absolute Gasteiger partial charge is 0.417 e. The average Bonchev–Trinajstić information content (AvgIpc) is 2.95. The van der Waals surface area contributed by atoms with Crippen molar-refractivity contribution in [3.63, 3.8) is 0 Å². The summed E-state index contributed by atoms with van der Waals surface area (Å²) in [5.41, 5.74) is -0.481. The van der Waals surface area contributed by atoms with Gasteiger partial charge in [0, 0.05) is 19.3 Å². The van der Waals surface area contributed by atoms with E-state index in [4.69, 9.17) is 4.74 Å². The van der Waals surface area contributed by atoms with Gasteiger partial charge in [-0.3, -0.25) is 9.20 Å². The van der Waals surface area contributed by atoms with E-state index >= 15 is 0 Å². The van der Waals surface area contributed by atoms with Crippen LogP contribution in [0.15, 0.2) is 23.5 Å². The molecule has 124 valence electrons. The maximum Gasteiger partial charge on any atom is 0.417 e. The lowest BCUT2D eigenvalue weighted by Gasteiger charge is -2.26. The van der Waals surface area contributed by atoms with Crippen LogP contribution in [0.5, 0.6) is 0 Å². The van der Waals surface area contributed by atoms with E-state index in [0.717, 1.165) is 24.0 Å². The van der Waals surface area contributed by atoms with Crippen LogP contribution in [-0.2, 0) is 15.7 Å². The highest BCUT2D eigenvalue weighted by Gasteiger charge is 2.31. The van der Waals surface area contributed by atoms with E-state index < -0.39 is 11.7 Å². The molecule has 0 bridgehead atoms. The third kappa shape index (κ3) is 3.58. The summed E-state index contributed by atoms with van der Waals surface area (Å²) in [6.07, 6.45) is -3.50. The second kappa shape index (κ2) is 6.36. The summed E-state index contributed by atoms with van der Waals surface area (Å²) < 4.78 is 44.8. The lowest BCUT2D eigenvalue weighted by Crippen LogP contribution is -2.41. The number of alkyl halides is 3. The number of aromatic nitrogens is 3. The molecule has 1 aliphatic heterocycles. The molecular weight excluding hydrogens is 333 g/mol. The molecular formula is C13H13F3N4O2S. The van der Waals surface area contributed by atoms with Crippen molar-refractivity contribution in [3.05, 3.63) is 23.9 Å². The first kappa shape index (κ1) is 16.1. The van der Waals surface area contributed by atoms with Gasteiger partial charge in [-0.15, -0.1) is 10.2 Å². The van der Waals surface area contributed by atoms with E-state index in [1.807, 2.05) is 0 Å². The molecule has 0 aromatic carbocycles. The van der Waals surface area contributed by atoms with Gasteiger partial charge in [-0.1, -0.05) is 11.8 Å². The topological polar surface area (TPSA) is 59.7 Å². The number of ether oxygens (including phenoxy) is 1. The van der Waals surface area contributed by atoms with Gasteiger partial charge in [0.05, 0.1) is 24.5 Å². The molecule has 0 N–H and O–H groups in total. The van der Waals surface area contributed by atoms with Crippen LogP contribution in [0.1, 0.15) is 5.56 Å². The van der Waals surface area contributed by atoms with Crippen LogP contribution in [0, 0.1) is 0 Å². The molecule has 2 aromatic heterocycles. The van der Waals surface area contributed by atoms with Gasteiger partial charge in [-0.05, 0) is 12.1 Å². The van der Waals surface area contributed by atoms with Gasteiger partial charge in [0.1, 0.15) is 0 Å². The number of hydrogen-bond acceptors (Lipinski definition) is 5. The van der Waals surface area contributed by atoms with Crippen LogP contribution in [0.4, 0.5) is 13.2 Å². The van der Waals surface area contributed by atoms with Gasteiger partial charge in [0.25, 0.3) is 0 Å². The fraction of sp³-hybridized carbons (Fsp3) is 0.462. The molecule has 1 saturated heterocycles. The second-order valence-electron chi connectivity index (χ2n) is 4.91. The summed E-state index contributed by atoms with van der Waals surface area (Å²) >= 11 is 1.07. The molecule has 2 aromatic rings. The first-order valence-corrected chi connectivity index (χ1v) is 7.84. The minimum atomic E-state index is -4.44. The summed E-state index contributed by atoms with van der Waals surface area (Å²) in [6, 6.07) is 2.21. The first-order valence-electron chi connectivity index (χ1n) is 6.85. The number of carbonyl (C=O) groups is 1. The molecule has 23 heavy (non-hydrogen) atoms. The number of fused-ring (bicyclic) bond motifs is 1. The van der Waals surface area contributed by atoms with Crippen LogP contribution in [0.2, 0.25) is 0 Å². The Kier molecular flexibility index (Phi) is 4.44. The van der Waals surface area contributed by atoms with Crippen LogP contribution in [0.3, 0.4) is 0 Å². The molecule has 0 atom stereocenters. The average molecular weight is 346 g/mol. The minimum Gasteiger partial charge on any atom is -0.378 e. The smallest absolute Gasteiger partial charge is 0.378 e. The number of hydrogen-bond donors (Lipinski definition) is 0. The lowest BCUT2D eigenvalue weighted by atomic mass is 10.3. The highest BCUT2D eigenvalue weighted by Crippen LogP contribution is 2.30. The van der Waals surface area contributed by atoms with Gasteiger partial charge < -0.3 is 9.64 Å². The highest BCUT2D eigenvalue weighted by atomic mass is 32.2. The second-order valence-corrected chi connectivity index (χ2v) is 5.85. The lowest BCUT2D eigenvalue weighted by molar-refractivity contribution is -0.138. The Bertz CT molecular complexity index is 713. The third-order valence-electron chi connectivity index (χ3n) is 3.39. The number of nitrogens with zero attached hydrogens (tertiary/aromatic N) is 4. The molecule has 3 heterocycles. The monoisotopic (exact) mass is 346 g/mol. The van der Waals surface area contributed by atoms with Gasteiger partial charge in [0.2, 0.25) is 5.91 Å². The quantitative estimate of drug-likeness (QED) is 0.792. The number of amides is 1. The molecule has 3 rings (SSSR count). The van der Waals surface area contributed by atoms with E-state index in [0.29, 0.717) is 32.0 Å². The standard InChI is InChI=1S/C13H13F3N4O2S/c14-13(15,16)9-1-2-10-17-18-12(20(10)7-9)23-8-11(21)19-3-5-22-6-4-19/h1-2,7H,3-6,8H2. The van der Waals surface area contributed by atoms with Gasteiger partial charge in [0.15, 0.2) is 10.8 Å². The molecule has 1 aliphatic rings. The normalized spacial score (nSPS) is 16.0. The van der Waals surface area contributed by atoms with E-state index in [1.54, 1.807) is 4.90 Å². The Labute approximate surface area is 133 Å². The highest BCUT2D eigenvalue weighted by molar-refractivity contribution is 7.99. The van der Waals surface area contributed by atoms with Crippen molar-refractivity contribution in [2.45, 2.75) is 11.3 Å². The van der Waals surface area contributed by atoms with Crippen LogP contribution in [0.25, 0.3) is 5.65 Å². The van der Waals surface area contributed by atoms with Crippen molar-refractivity contribution in [2.24, 2.45) is 0 Å². The number of carbonyl (C=O) groups excluding carboxylic acids is 1. The Morgan fingerprint density at radius 2 is 2.00 bits per heavy atom. The Morgan fingerprint density at radius 3 is 2.70 bits per heavy atom. The molecule has 1 fully saturated rings. The number of pyridine rings is 1. The maximum absolute atomic E-state index is 12.8. The van der Waals surface area contributed by atoms with Crippen molar-refractivity contribution in [1.82, 2.24) is 19.5 Å². The summed E-state index contributed by atoms with van der Waals surface area (Å²) in [5.74, 6) is -0.00106.